The number of ketones is 1. The van der Waals surface area contributed by atoms with Crippen LogP contribution in [0, 0.1) is 0 Å². The van der Waals surface area contributed by atoms with Crippen molar-refractivity contribution >= 4 is 22.7 Å². The highest BCUT2D eigenvalue weighted by molar-refractivity contribution is 6.40. The first-order valence-corrected chi connectivity index (χ1v) is 4.78. The minimum absolute atomic E-state index is 0.252. The molecule has 5 heteroatoms. The van der Waals surface area contributed by atoms with E-state index in [1.165, 1.54) is 6.07 Å². The molecule has 0 aliphatic rings. The van der Waals surface area contributed by atoms with Crippen LogP contribution in [0.5, 0.6) is 0 Å². The van der Waals surface area contributed by atoms with E-state index in [0.717, 1.165) is 13.4 Å². The Bertz CT molecular complexity index is 653. The van der Waals surface area contributed by atoms with Gasteiger partial charge in [-0.1, -0.05) is 12.1 Å². The number of hydrogen-bond acceptors (Lipinski definition) is 5. The number of benzene rings is 1. The second kappa shape index (κ2) is 4.21. The molecule has 0 atom stereocenters. The molecule has 1 heterocycles. The number of Topliss-reactive ketones (excluding diaryl/α,β-unsaturated/α-hetero) is 1. The van der Waals surface area contributed by atoms with Crippen molar-refractivity contribution in [3.63, 3.8) is 0 Å². The molecule has 0 bridgehead atoms. The Hall–Kier alpha value is -2.43. The average Bonchev–Trinajstić information content (AvgIpc) is 2.38. The van der Waals surface area contributed by atoms with E-state index in [1.54, 1.807) is 18.2 Å². The zero-order valence-corrected chi connectivity index (χ0v) is 8.93. The molecule has 0 amide bonds. The Morgan fingerprint density at radius 3 is 2.65 bits per heavy atom. The van der Waals surface area contributed by atoms with Gasteiger partial charge in [0.05, 0.1) is 12.5 Å². The molecule has 0 N–H and O–H groups in total. The fourth-order valence-electron chi connectivity index (χ4n) is 1.44. The van der Waals surface area contributed by atoms with Crippen LogP contribution in [-0.2, 0) is 9.53 Å². The molecule has 0 unspecified atom stereocenters. The van der Waals surface area contributed by atoms with Gasteiger partial charge >= 0.3 is 5.97 Å². The summed E-state index contributed by atoms with van der Waals surface area (Å²) in [6, 6.07) is 6.47. The maximum atomic E-state index is 11.9. The summed E-state index contributed by atoms with van der Waals surface area (Å²) in [6.45, 7) is 0. The predicted octanol–water partition coefficient (Wildman–Crippen LogP) is 1.15. The van der Waals surface area contributed by atoms with Gasteiger partial charge in [0.2, 0.25) is 5.43 Å². The van der Waals surface area contributed by atoms with Gasteiger partial charge in [0.25, 0.3) is 5.78 Å². The van der Waals surface area contributed by atoms with Crippen molar-refractivity contribution in [2.75, 3.05) is 7.11 Å². The largest absolute Gasteiger partial charge is 0.463 e. The summed E-state index contributed by atoms with van der Waals surface area (Å²) in [7, 11) is 1.07. The highest BCUT2D eigenvalue weighted by Crippen LogP contribution is 2.10. The standard InChI is InChI=1S/C12H8O5/c1-16-12(15)11(14)8-6-17-9-5-3-2-4-7(9)10(8)13/h2-6H,1H3. The lowest BCUT2D eigenvalue weighted by atomic mass is 10.1. The van der Waals surface area contributed by atoms with E-state index in [1.807, 2.05) is 0 Å². The molecule has 2 aromatic rings. The number of fused-ring (bicyclic) bond motifs is 1. The van der Waals surface area contributed by atoms with Gasteiger partial charge in [-0.2, -0.15) is 0 Å². The Kier molecular flexibility index (Phi) is 2.74. The van der Waals surface area contributed by atoms with E-state index >= 15 is 0 Å². The summed E-state index contributed by atoms with van der Waals surface area (Å²) in [5.41, 5.74) is -0.503. The predicted molar refractivity (Wildman–Crippen MR) is 58.8 cm³/mol. The molecule has 0 saturated heterocycles. The first-order valence-electron chi connectivity index (χ1n) is 4.78. The van der Waals surface area contributed by atoms with E-state index in [4.69, 9.17) is 4.42 Å². The van der Waals surface area contributed by atoms with Gasteiger partial charge in [0.1, 0.15) is 17.4 Å². The molecule has 17 heavy (non-hydrogen) atoms. The lowest BCUT2D eigenvalue weighted by Crippen LogP contribution is -2.23. The zero-order valence-electron chi connectivity index (χ0n) is 8.93. The summed E-state index contributed by atoms with van der Waals surface area (Å²) in [6.07, 6.45) is 0.976. The van der Waals surface area contributed by atoms with Crippen LogP contribution in [0.2, 0.25) is 0 Å². The number of para-hydroxylation sites is 1. The molecule has 5 nitrogen and oxygen atoms in total. The van der Waals surface area contributed by atoms with E-state index in [9.17, 15) is 14.4 Å². The third-order valence-electron chi connectivity index (χ3n) is 2.30. The number of carbonyl (C=O) groups is 2. The molecule has 0 aliphatic heterocycles. The van der Waals surface area contributed by atoms with E-state index in [0.29, 0.717) is 5.58 Å². The van der Waals surface area contributed by atoms with Crippen molar-refractivity contribution in [2.24, 2.45) is 0 Å². The molecule has 1 aromatic heterocycles. The molecule has 0 radical (unpaired) electrons. The molecular weight excluding hydrogens is 224 g/mol. The van der Waals surface area contributed by atoms with Gasteiger partial charge in [-0.3, -0.25) is 9.59 Å². The first-order chi connectivity index (χ1) is 8.15. The summed E-state index contributed by atoms with van der Waals surface area (Å²) in [5.74, 6) is -2.10. The molecule has 1 aromatic carbocycles. The van der Waals surface area contributed by atoms with Crippen molar-refractivity contribution in [2.45, 2.75) is 0 Å². The van der Waals surface area contributed by atoms with Gasteiger partial charge in [-0.25, -0.2) is 4.79 Å². The van der Waals surface area contributed by atoms with Gasteiger partial charge in [-0.05, 0) is 12.1 Å². The normalized spacial score (nSPS) is 10.2. The zero-order chi connectivity index (χ0) is 12.4. The summed E-state index contributed by atoms with van der Waals surface area (Å²) >= 11 is 0. The van der Waals surface area contributed by atoms with Crippen LogP contribution in [-0.4, -0.2) is 18.9 Å². The smallest absolute Gasteiger partial charge is 0.379 e. The van der Waals surface area contributed by atoms with Crippen LogP contribution in [0.3, 0.4) is 0 Å². The third kappa shape index (κ3) is 1.82. The van der Waals surface area contributed by atoms with Crippen molar-refractivity contribution in [3.8, 4) is 0 Å². The minimum Gasteiger partial charge on any atom is -0.463 e. The van der Waals surface area contributed by atoms with E-state index < -0.39 is 17.2 Å². The highest BCUT2D eigenvalue weighted by Gasteiger charge is 2.21. The quantitative estimate of drug-likeness (QED) is 0.441. The maximum absolute atomic E-state index is 11.9. The van der Waals surface area contributed by atoms with Crippen LogP contribution in [0.1, 0.15) is 10.4 Å². The Morgan fingerprint density at radius 1 is 1.24 bits per heavy atom. The van der Waals surface area contributed by atoms with Gasteiger partial charge in [0.15, 0.2) is 0 Å². The lowest BCUT2D eigenvalue weighted by Gasteiger charge is -2.00. The second-order valence-electron chi connectivity index (χ2n) is 3.30. The number of esters is 1. The Labute approximate surface area is 95.6 Å². The van der Waals surface area contributed by atoms with Crippen molar-refractivity contribution < 1.29 is 18.7 Å². The number of hydrogen-bond donors (Lipinski definition) is 0. The fraction of sp³-hybridized carbons (Fsp3) is 0.0833. The fourth-order valence-corrected chi connectivity index (χ4v) is 1.44. The summed E-state index contributed by atoms with van der Waals surface area (Å²) < 4.78 is 9.38. The van der Waals surface area contributed by atoms with Crippen LogP contribution < -0.4 is 5.43 Å². The Morgan fingerprint density at radius 2 is 1.94 bits per heavy atom. The molecule has 2 rings (SSSR count). The number of rotatable bonds is 2. The molecule has 86 valence electrons. The van der Waals surface area contributed by atoms with E-state index in [2.05, 4.69) is 4.74 Å². The van der Waals surface area contributed by atoms with Crippen LogP contribution >= 0.6 is 0 Å². The SMILES string of the molecule is COC(=O)C(=O)c1coc2ccccc2c1=O. The number of methoxy groups -OCH3 is 1. The number of carbonyl (C=O) groups excluding carboxylic acids is 2. The van der Waals surface area contributed by atoms with Crippen molar-refractivity contribution in [1.29, 1.82) is 0 Å². The van der Waals surface area contributed by atoms with Gasteiger partial charge in [0, 0.05) is 0 Å². The van der Waals surface area contributed by atoms with Crippen LogP contribution in [0.4, 0.5) is 0 Å². The Balaban J connectivity index is 2.65. The van der Waals surface area contributed by atoms with Gasteiger partial charge in [-0.15, -0.1) is 0 Å². The average molecular weight is 232 g/mol. The van der Waals surface area contributed by atoms with Gasteiger partial charge < -0.3 is 9.15 Å². The molecule has 0 spiro atoms. The molecule has 0 aliphatic carbocycles. The monoisotopic (exact) mass is 232 g/mol. The first kappa shape index (κ1) is 11.1. The minimum atomic E-state index is -1.09. The van der Waals surface area contributed by atoms with E-state index in [-0.39, 0.29) is 10.9 Å². The summed E-state index contributed by atoms with van der Waals surface area (Å²) in [4.78, 5) is 34.5. The van der Waals surface area contributed by atoms with Crippen molar-refractivity contribution in [3.05, 3.63) is 46.3 Å². The second-order valence-corrected chi connectivity index (χ2v) is 3.30. The number of ether oxygens (including phenoxy) is 1. The molecule has 0 saturated carbocycles. The van der Waals surface area contributed by atoms with Crippen LogP contribution in [0.15, 0.2) is 39.7 Å². The highest BCUT2D eigenvalue weighted by atomic mass is 16.5. The summed E-state index contributed by atoms with van der Waals surface area (Å²) in [5, 5.41) is 0.252. The van der Waals surface area contributed by atoms with Crippen LogP contribution in [0.25, 0.3) is 11.0 Å². The maximum Gasteiger partial charge on any atom is 0.379 e. The third-order valence-corrected chi connectivity index (χ3v) is 2.30. The lowest BCUT2D eigenvalue weighted by molar-refractivity contribution is -0.135. The van der Waals surface area contributed by atoms with Crippen molar-refractivity contribution in [1.82, 2.24) is 0 Å². The molecular formula is C12H8O5. The molecule has 0 fully saturated rings. The topological polar surface area (TPSA) is 73.6 Å².